The van der Waals surface area contributed by atoms with E-state index >= 15 is 0 Å². The predicted molar refractivity (Wildman–Crippen MR) is 64.6 cm³/mol. The van der Waals surface area contributed by atoms with Gasteiger partial charge < -0.3 is 4.74 Å². The number of rotatable bonds is 5. The van der Waals surface area contributed by atoms with Gasteiger partial charge in [0.2, 0.25) is 0 Å². The molecule has 90 valence electrons. The molecule has 0 radical (unpaired) electrons. The summed E-state index contributed by atoms with van der Waals surface area (Å²) in [5, 5.41) is 0. The quantitative estimate of drug-likeness (QED) is 0.767. The smallest absolute Gasteiger partial charge is 0.261 e. The molecule has 0 aromatic heterocycles. The van der Waals surface area contributed by atoms with Crippen LogP contribution in [0, 0.1) is 0 Å². The third kappa shape index (κ3) is 3.39. The average molecular weight is 263 g/mol. The third-order valence-corrected chi connectivity index (χ3v) is 3.51. The molecule has 0 bridgehead atoms. The van der Waals surface area contributed by atoms with Gasteiger partial charge >= 0.3 is 0 Å². The van der Waals surface area contributed by atoms with Crippen LogP contribution in [0.15, 0.2) is 23.1 Å². The molecule has 0 amide bonds. The molecule has 0 aliphatic rings. The summed E-state index contributed by atoms with van der Waals surface area (Å²) in [5.74, 6) is 0.730. The second-order valence-electron chi connectivity index (χ2n) is 3.41. The monoisotopic (exact) mass is 262 g/mol. The van der Waals surface area contributed by atoms with Crippen molar-refractivity contribution in [2.75, 3.05) is 6.61 Å². The highest BCUT2D eigenvalue weighted by atomic mass is 35.7. The Hall–Kier alpha value is -0.740. The Bertz CT molecular complexity index is 454. The molecule has 16 heavy (non-hydrogen) atoms. The number of halogens is 1. The van der Waals surface area contributed by atoms with Crippen molar-refractivity contribution >= 4 is 19.7 Å². The predicted octanol–water partition coefficient (Wildman–Crippen LogP) is 2.97. The van der Waals surface area contributed by atoms with Crippen LogP contribution in [-0.4, -0.2) is 15.0 Å². The van der Waals surface area contributed by atoms with Crippen LogP contribution in [-0.2, 0) is 15.5 Å². The highest BCUT2D eigenvalue weighted by Gasteiger charge is 2.12. The summed E-state index contributed by atoms with van der Waals surface area (Å²) in [6.07, 6.45) is 1.62. The fourth-order valence-corrected chi connectivity index (χ4v) is 2.14. The number of benzene rings is 1. The van der Waals surface area contributed by atoms with E-state index in [0.29, 0.717) is 13.0 Å². The van der Waals surface area contributed by atoms with Gasteiger partial charge in [-0.15, -0.1) is 0 Å². The number of hydrogen-bond donors (Lipinski definition) is 0. The molecule has 0 saturated heterocycles. The van der Waals surface area contributed by atoms with E-state index in [9.17, 15) is 8.42 Å². The number of aryl methyl sites for hydroxylation is 1. The molecule has 5 heteroatoms. The van der Waals surface area contributed by atoms with Crippen LogP contribution in [0.25, 0.3) is 0 Å². The third-order valence-electron chi connectivity index (χ3n) is 2.16. The molecule has 0 spiro atoms. The standard InChI is InChI=1S/C11H15ClO3S/c1-3-7-15-11-6-5-10(16(12,13)14)8-9(11)4-2/h5-6,8H,3-4,7H2,1-2H3. The molecule has 1 aromatic rings. The second-order valence-corrected chi connectivity index (χ2v) is 5.98. The maximum atomic E-state index is 11.2. The first-order chi connectivity index (χ1) is 7.49. The van der Waals surface area contributed by atoms with Crippen molar-refractivity contribution in [1.29, 1.82) is 0 Å². The van der Waals surface area contributed by atoms with Crippen LogP contribution in [0.4, 0.5) is 0 Å². The van der Waals surface area contributed by atoms with Crippen LogP contribution in [0.1, 0.15) is 25.8 Å². The molecule has 0 aliphatic heterocycles. The van der Waals surface area contributed by atoms with E-state index in [-0.39, 0.29) is 4.90 Å². The Labute approximate surface area is 101 Å². The van der Waals surface area contributed by atoms with Gasteiger partial charge in [-0.3, -0.25) is 0 Å². The molecule has 0 fully saturated rings. The summed E-state index contributed by atoms with van der Waals surface area (Å²) in [4.78, 5) is 0.120. The van der Waals surface area contributed by atoms with Crippen molar-refractivity contribution in [3.8, 4) is 5.75 Å². The fourth-order valence-electron chi connectivity index (χ4n) is 1.34. The Kier molecular flexibility index (Phi) is 4.62. The van der Waals surface area contributed by atoms with Crippen LogP contribution < -0.4 is 4.74 Å². The van der Waals surface area contributed by atoms with Crippen molar-refractivity contribution in [3.63, 3.8) is 0 Å². The molecule has 1 rings (SSSR count). The zero-order chi connectivity index (χ0) is 12.2. The molecule has 0 atom stereocenters. The zero-order valence-electron chi connectivity index (χ0n) is 9.36. The van der Waals surface area contributed by atoms with E-state index in [1.165, 1.54) is 6.07 Å². The van der Waals surface area contributed by atoms with Crippen LogP contribution >= 0.6 is 10.7 Å². The van der Waals surface area contributed by atoms with Crippen molar-refractivity contribution in [2.24, 2.45) is 0 Å². The summed E-state index contributed by atoms with van der Waals surface area (Å²) in [7, 11) is 1.62. The first kappa shape index (κ1) is 13.3. The first-order valence-electron chi connectivity index (χ1n) is 5.19. The summed E-state index contributed by atoms with van der Waals surface area (Å²) >= 11 is 0. The number of ether oxygens (including phenoxy) is 1. The Morgan fingerprint density at radius 3 is 2.50 bits per heavy atom. The lowest BCUT2D eigenvalue weighted by atomic mass is 10.1. The molecule has 0 N–H and O–H groups in total. The second kappa shape index (κ2) is 5.55. The number of hydrogen-bond acceptors (Lipinski definition) is 3. The van der Waals surface area contributed by atoms with E-state index in [2.05, 4.69) is 0 Å². The highest BCUT2D eigenvalue weighted by Crippen LogP contribution is 2.25. The topological polar surface area (TPSA) is 43.4 Å². The summed E-state index contributed by atoms with van der Waals surface area (Å²) in [5.41, 5.74) is 0.857. The van der Waals surface area contributed by atoms with Crippen molar-refractivity contribution in [3.05, 3.63) is 23.8 Å². The van der Waals surface area contributed by atoms with Gasteiger partial charge in [0.05, 0.1) is 11.5 Å². The summed E-state index contributed by atoms with van der Waals surface area (Å²) in [6.45, 7) is 4.59. The van der Waals surface area contributed by atoms with Crippen LogP contribution in [0.5, 0.6) is 5.75 Å². The van der Waals surface area contributed by atoms with Gasteiger partial charge in [0.1, 0.15) is 5.75 Å². The molecule has 0 saturated carbocycles. The minimum Gasteiger partial charge on any atom is -0.493 e. The largest absolute Gasteiger partial charge is 0.493 e. The highest BCUT2D eigenvalue weighted by molar-refractivity contribution is 8.13. The lowest BCUT2D eigenvalue weighted by Gasteiger charge is -2.10. The fraction of sp³-hybridized carbons (Fsp3) is 0.455. The molecule has 0 aliphatic carbocycles. The van der Waals surface area contributed by atoms with Crippen molar-refractivity contribution in [1.82, 2.24) is 0 Å². The Morgan fingerprint density at radius 1 is 1.31 bits per heavy atom. The maximum absolute atomic E-state index is 11.2. The zero-order valence-corrected chi connectivity index (χ0v) is 10.9. The van der Waals surface area contributed by atoms with Gasteiger partial charge in [0, 0.05) is 10.7 Å². The van der Waals surface area contributed by atoms with E-state index in [1.54, 1.807) is 12.1 Å². The van der Waals surface area contributed by atoms with E-state index < -0.39 is 9.05 Å². The lowest BCUT2D eigenvalue weighted by Crippen LogP contribution is -2.00. The normalized spacial score (nSPS) is 11.4. The molecular formula is C11H15ClO3S. The van der Waals surface area contributed by atoms with Gasteiger partial charge in [-0.05, 0) is 36.6 Å². The maximum Gasteiger partial charge on any atom is 0.261 e. The van der Waals surface area contributed by atoms with Gasteiger partial charge in [0.25, 0.3) is 9.05 Å². The Balaban J connectivity index is 3.07. The van der Waals surface area contributed by atoms with Crippen molar-refractivity contribution in [2.45, 2.75) is 31.6 Å². The van der Waals surface area contributed by atoms with E-state index in [0.717, 1.165) is 17.7 Å². The minimum absolute atomic E-state index is 0.120. The Morgan fingerprint density at radius 2 is 2.00 bits per heavy atom. The van der Waals surface area contributed by atoms with E-state index in [1.807, 2.05) is 13.8 Å². The van der Waals surface area contributed by atoms with Crippen molar-refractivity contribution < 1.29 is 13.2 Å². The van der Waals surface area contributed by atoms with Gasteiger partial charge in [-0.25, -0.2) is 8.42 Å². The minimum atomic E-state index is -3.66. The molecule has 1 aromatic carbocycles. The molecular weight excluding hydrogens is 248 g/mol. The summed E-state index contributed by atoms with van der Waals surface area (Å²) in [6, 6.07) is 4.68. The van der Waals surface area contributed by atoms with Gasteiger partial charge in [-0.2, -0.15) is 0 Å². The van der Waals surface area contributed by atoms with Crippen LogP contribution in [0.3, 0.4) is 0 Å². The van der Waals surface area contributed by atoms with Gasteiger partial charge in [0.15, 0.2) is 0 Å². The SMILES string of the molecule is CCCOc1ccc(S(=O)(=O)Cl)cc1CC. The first-order valence-corrected chi connectivity index (χ1v) is 7.50. The lowest BCUT2D eigenvalue weighted by molar-refractivity contribution is 0.314. The molecule has 0 unspecified atom stereocenters. The van der Waals surface area contributed by atoms with Gasteiger partial charge in [-0.1, -0.05) is 13.8 Å². The summed E-state index contributed by atoms with van der Waals surface area (Å²) < 4.78 is 27.8. The van der Waals surface area contributed by atoms with Crippen LogP contribution in [0.2, 0.25) is 0 Å². The molecule has 3 nitrogen and oxygen atoms in total. The van der Waals surface area contributed by atoms with E-state index in [4.69, 9.17) is 15.4 Å². The molecule has 0 heterocycles. The average Bonchev–Trinajstić information content (AvgIpc) is 2.24.